The molecule has 0 bridgehead atoms. The van der Waals surface area contributed by atoms with Crippen LogP contribution in [-0.4, -0.2) is 49.5 Å². The van der Waals surface area contributed by atoms with Crippen molar-refractivity contribution >= 4 is 39.1 Å². The van der Waals surface area contributed by atoms with Gasteiger partial charge in [0.1, 0.15) is 5.82 Å². The summed E-state index contributed by atoms with van der Waals surface area (Å²) in [7, 11) is -3.58. The van der Waals surface area contributed by atoms with Gasteiger partial charge in [-0.3, -0.25) is 4.72 Å². The number of hydrogen-bond donors (Lipinski definition) is 1. The Labute approximate surface area is 180 Å². The van der Waals surface area contributed by atoms with Crippen molar-refractivity contribution in [3.05, 3.63) is 71.6 Å². The minimum Gasteiger partial charge on any atom is -0.353 e. The summed E-state index contributed by atoms with van der Waals surface area (Å²) in [5, 5.41) is 0.564. The minimum absolute atomic E-state index is 0.151. The van der Waals surface area contributed by atoms with Gasteiger partial charge in [0.15, 0.2) is 0 Å². The monoisotopic (exact) mass is 444 g/mol. The van der Waals surface area contributed by atoms with Crippen LogP contribution in [0.3, 0.4) is 0 Å². The van der Waals surface area contributed by atoms with Gasteiger partial charge in [-0.05, 0) is 29.8 Å². The molecule has 10 heteroatoms. The zero-order chi connectivity index (χ0) is 21.0. The van der Waals surface area contributed by atoms with Crippen LogP contribution in [0, 0.1) is 0 Å². The highest BCUT2D eigenvalue weighted by Crippen LogP contribution is 2.18. The van der Waals surface area contributed by atoms with Crippen molar-refractivity contribution in [2.24, 2.45) is 0 Å². The molecule has 0 saturated carbocycles. The van der Waals surface area contributed by atoms with Crippen LogP contribution in [-0.2, 0) is 15.8 Å². The number of pyridine rings is 1. The maximum absolute atomic E-state index is 12.4. The average Bonchev–Trinajstić information content (AvgIpc) is 2.76. The lowest BCUT2D eigenvalue weighted by atomic mass is 10.2. The Hall–Kier alpha value is -2.91. The van der Waals surface area contributed by atoms with Gasteiger partial charge in [-0.25, -0.2) is 23.4 Å². The molecule has 1 aliphatic heterocycles. The zero-order valence-electron chi connectivity index (χ0n) is 16.1. The van der Waals surface area contributed by atoms with E-state index in [0.29, 0.717) is 22.2 Å². The fourth-order valence-corrected chi connectivity index (χ4v) is 4.52. The second-order valence-corrected chi connectivity index (χ2v) is 9.08. The molecule has 156 valence electrons. The number of nitrogens with zero attached hydrogens (tertiary/aromatic N) is 5. The minimum atomic E-state index is -3.58. The molecule has 4 rings (SSSR count). The van der Waals surface area contributed by atoms with E-state index < -0.39 is 10.0 Å². The molecule has 1 saturated heterocycles. The first-order valence-electron chi connectivity index (χ1n) is 9.46. The Morgan fingerprint density at radius 3 is 2.20 bits per heavy atom. The van der Waals surface area contributed by atoms with Crippen LogP contribution in [0.5, 0.6) is 0 Å². The van der Waals surface area contributed by atoms with Crippen molar-refractivity contribution in [1.29, 1.82) is 0 Å². The molecule has 8 nitrogen and oxygen atoms in total. The summed E-state index contributed by atoms with van der Waals surface area (Å²) < 4.78 is 27.3. The number of piperazine rings is 1. The van der Waals surface area contributed by atoms with Gasteiger partial charge in [0.2, 0.25) is 16.0 Å². The van der Waals surface area contributed by atoms with Gasteiger partial charge in [0, 0.05) is 37.4 Å². The van der Waals surface area contributed by atoms with E-state index in [4.69, 9.17) is 11.6 Å². The van der Waals surface area contributed by atoms with Crippen LogP contribution in [0.4, 0.5) is 17.5 Å². The van der Waals surface area contributed by atoms with Gasteiger partial charge < -0.3 is 9.80 Å². The Balaban J connectivity index is 1.34. The predicted octanol–water partition coefficient (Wildman–Crippen LogP) is 2.79. The van der Waals surface area contributed by atoms with Crippen molar-refractivity contribution < 1.29 is 8.42 Å². The third kappa shape index (κ3) is 5.17. The van der Waals surface area contributed by atoms with Crippen LogP contribution in [0.2, 0.25) is 5.02 Å². The number of anilines is 3. The van der Waals surface area contributed by atoms with Gasteiger partial charge in [0.25, 0.3) is 0 Å². The van der Waals surface area contributed by atoms with Crippen LogP contribution < -0.4 is 14.5 Å². The van der Waals surface area contributed by atoms with E-state index in [1.54, 1.807) is 30.5 Å². The first-order chi connectivity index (χ1) is 14.5. The van der Waals surface area contributed by atoms with Crippen LogP contribution >= 0.6 is 11.6 Å². The summed E-state index contributed by atoms with van der Waals surface area (Å²) >= 11 is 5.84. The second kappa shape index (κ2) is 8.85. The maximum Gasteiger partial charge on any atom is 0.237 e. The quantitative estimate of drug-likeness (QED) is 0.625. The Morgan fingerprint density at radius 1 is 0.900 bits per heavy atom. The number of nitrogens with one attached hydrogen (secondary N) is 1. The Bertz CT molecular complexity index is 1070. The SMILES string of the molecule is O=S(=O)(Cc1ccc(Cl)cc1)Nc1cnc(N2CCN(c3ccccn3)CC2)nc1. The standard InChI is InChI=1S/C20H21ClN6O2S/c21-17-6-4-16(5-7-17)15-30(28,29)25-18-13-23-20(24-14-18)27-11-9-26(10-12-27)19-3-1-2-8-22-19/h1-8,13-14,25H,9-12,15H2. The van der Waals surface area contributed by atoms with Crippen LogP contribution in [0.25, 0.3) is 0 Å². The lowest BCUT2D eigenvalue weighted by Gasteiger charge is -2.35. The van der Waals surface area contributed by atoms with E-state index in [2.05, 4.69) is 29.5 Å². The van der Waals surface area contributed by atoms with Crippen molar-refractivity contribution in [1.82, 2.24) is 15.0 Å². The lowest BCUT2D eigenvalue weighted by Crippen LogP contribution is -2.47. The first-order valence-corrected chi connectivity index (χ1v) is 11.5. The molecular formula is C20H21ClN6O2S. The number of halogens is 1. The molecule has 0 unspecified atom stereocenters. The third-order valence-corrected chi connectivity index (χ3v) is 6.23. The topological polar surface area (TPSA) is 91.3 Å². The molecule has 3 heterocycles. The summed E-state index contributed by atoms with van der Waals surface area (Å²) in [5.41, 5.74) is 0.982. The number of aromatic nitrogens is 3. The summed E-state index contributed by atoms with van der Waals surface area (Å²) in [5.74, 6) is 1.39. The fraction of sp³-hybridized carbons (Fsp3) is 0.250. The molecule has 1 aromatic carbocycles. The molecule has 2 aromatic heterocycles. The number of hydrogen-bond acceptors (Lipinski definition) is 7. The van der Waals surface area contributed by atoms with E-state index in [-0.39, 0.29) is 5.75 Å². The van der Waals surface area contributed by atoms with E-state index in [1.165, 1.54) is 12.4 Å². The molecule has 0 aliphatic carbocycles. The number of sulfonamides is 1. The third-order valence-electron chi connectivity index (χ3n) is 4.72. The largest absolute Gasteiger partial charge is 0.353 e. The fourth-order valence-electron chi connectivity index (χ4n) is 3.23. The molecule has 1 fully saturated rings. The highest BCUT2D eigenvalue weighted by Gasteiger charge is 2.20. The van der Waals surface area contributed by atoms with Gasteiger partial charge in [0.05, 0.1) is 23.8 Å². The molecular weight excluding hydrogens is 424 g/mol. The van der Waals surface area contributed by atoms with Crippen LogP contribution in [0.15, 0.2) is 61.1 Å². The molecule has 0 amide bonds. The van der Waals surface area contributed by atoms with Crippen LogP contribution in [0.1, 0.15) is 5.56 Å². The Morgan fingerprint density at radius 2 is 1.57 bits per heavy atom. The lowest BCUT2D eigenvalue weighted by molar-refractivity contribution is 0.600. The van der Waals surface area contributed by atoms with Crippen molar-refractivity contribution in [2.45, 2.75) is 5.75 Å². The maximum atomic E-state index is 12.4. The second-order valence-electron chi connectivity index (χ2n) is 6.92. The number of benzene rings is 1. The molecule has 0 radical (unpaired) electrons. The van der Waals surface area contributed by atoms with Crippen molar-refractivity contribution in [2.75, 3.05) is 40.7 Å². The normalized spacial score (nSPS) is 14.6. The van der Waals surface area contributed by atoms with Crippen molar-refractivity contribution in [3.8, 4) is 0 Å². The van der Waals surface area contributed by atoms with Gasteiger partial charge in [-0.1, -0.05) is 29.8 Å². The first kappa shape index (κ1) is 20.4. The van der Waals surface area contributed by atoms with Gasteiger partial charge >= 0.3 is 0 Å². The molecule has 0 atom stereocenters. The highest BCUT2D eigenvalue weighted by molar-refractivity contribution is 7.91. The van der Waals surface area contributed by atoms with E-state index in [1.807, 2.05) is 18.2 Å². The molecule has 1 N–H and O–H groups in total. The van der Waals surface area contributed by atoms with Crippen molar-refractivity contribution in [3.63, 3.8) is 0 Å². The molecule has 1 aliphatic rings. The summed E-state index contributed by atoms with van der Waals surface area (Å²) in [6.07, 6.45) is 4.78. The predicted molar refractivity (Wildman–Crippen MR) is 118 cm³/mol. The Kier molecular flexibility index (Phi) is 6.01. The summed E-state index contributed by atoms with van der Waals surface area (Å²) in [4.78, 5) is 17.4. The zero-order valence-corrected chi connectivity index (χ0v) is 17.7. The van der Waals surface area contributed by atoms with E-state index in [0.717, 1.165) is 32.0 Å². The van der Waals surface area contributed by atoms with E-state index in [9.17, 15) is 8.42 Å². The average molecular weight is 445 g/mol. The molecule has 30 heavy (non-hydrogen) atoms. The van der Waals surface area contributed by atoms with E-state index >= 15 is 0 Å². The van der Waals surface area contributed by atoms with Gasteiger partial charge in [-0.15, -0.1) is 0 Å². The number of rotatable bonds is 6. The summed E-state index contributed by atoms with van der Waals surface area (Å²) in [6, 6.07) is 12.6. The summed E-state index contributed by atoms with van der Waals surface area (Å²) in [6.45, 7) is 3.15. The highest BCUT2D eigenvalue weighted by atomic mass is 35.5. The van der Waals surface area contributed by atoms with Gasteiger partial charge in [-0.2, -0.15) is 0 Å². The molecule has 0 spiro atoms. The molecule has 3 aromatic rings. The smallest absolute Gasteiger partial charge is 0.237 e.